The van der Waals surface area contributed by atoms with E-state index in [9.17, 15) is 14.4 Å². The zero-order chi connectivity index (χ0) is 21.7. The summed E-state index contributed by atoms with van der Waals surface area (Å²) < 4.78 is 10.1. The van der Waals surface area contributed by atoms with Gasteiger partial charge in [-0.2, -0.15) is 0 Å². The average molecular weight is 411 g/mol. The number of nitrogens with one attached hydrogen (secondary N) is 2. The first-order chi connectivity index (χ1) is 14.4. The van der Waals surface area contributed by atoms with E-state index in [2.05, 4.69) is 10.6 Å². The maximum Gasteiger partial charge on any atom is 0.319 e. The maximum absolute atomic E-state index is 12.6. The third-order valence-electron chi connectivity index (χ3n) is 4.92. The number of hydrogen-bond acceptors (Lipinski definition) is 5. The zero-order valence-electron chi connectivity index (χ0n) is 17.2. The van der Waals surface area contributed by atoms with Crippen molar-refractivity contribution in [3.8, 4) is 5.75 Å². The minimum atomic E-state index is -0.410. The van der Waals surface area contributed by atoms with E-state index in [1.807, 2.05) is 31.2 Å². The number of carbonyl (C=O) groups is 3. The molecular weight excluding hydrogens is 386 g/mol. The van der Waals surface area contributed by atoms with Crippen LogP contribution in [0.1, 0.15) is 45.7 Å². The van der Waals surface area contributed by atoms with Gasteiger partial charge in [-0.3, -0.25) is 14.5 Å². The van der Waals surface area contributed by atoms with E-state index < -0.39 is 6.03 Å². The predicted molar refractivity (Wildman–Crippen MR) is 112 cm³/mol. The molecule has 0 saturated carbocycles. The third-order valence-corrected chi connectivity index (χ3v) is 4.92. The Kier molecular flexibility index (Phi) is 6.68. The maximum atomic E-state index is 12.6. The Morgan fingerprint density at radius 1 is 1.03 bits per heavy atom. The number of carbonyl (C=O) groups excluding carboxylic acids is 3. The molecule has 3 rings (SSSR count). The molecule has 1 unspecified atom stereocenters. The Morgan fingerprint density at radius 3 is 2.40 bits per heavy atom. The van der Waals surface area contributed by atoms with Crippen LogP contribution in [0.2, 0.25) is 0 Å². The Bertz CT molecular complexity index is 942. The fourth-order valence-electron chi connectivity index (χ4n) is 3.28. The number of ether oxygens (including phenoxy) is 2. The summed E-state index contributed by atoms with van der Waals surface area (Å²) in [5.41, 5.74) is 1.99. The van der Waals surface area contributed by atoms with Gasteiger partial charge in [0.15, 0.2) is 0 Å². The van der Waals surface area contributed by atoms with E-state index in [4.69, 9.17) is 9.47 Å². The van der Waals surface area contributed by atoms with Crippen molar-refractivity contribution in [2.45, 2.75) is 19.4 Å². The number of hydrogen-bond donors (Lipinski definition) is 2. The molecule has 0 saturated heterocycles. The number of methoxy groups -OCH3 is 2. The molecule has 2 aromatic rings. The van der Waals surface area contributed by atoms with Crippen molar-refractivity contribution in [2.75, 3.05) is 32.7 Å². The first kappa shape index (κ1) is 21.3. The molecule has 1 aliphatic heterocycles. The summed E-state index contributed by atoms with van der Waals surface area (Å²) in [6, 6.07) is 11.5. The molecule has 0 radical (unpaired) electrons. The second kappa shape index (κ2) is 9.41. The van der Waals surface area contributed by atoms with Crippen LogP contribution < -0.4 is 15.4 Å². The van der Waals surface area contributed by atoms with Gasteiger partial charge in [0.25, 0.3) is 11.8 Å². The average Bonchev–Trinajstić information content (AvgIpc) is 2.98. The van der Waals surface area contributed by atoms with Crippen molar-refractivity contribution >= 4 is 23.5 Å². The number of benzene rings is 2. The lowest BCUT2D eigenvalue weighted by Crippen LogP contribution is -2.31. The Hall–Kier alpha value is -3.39. The number of rotatable bonds is 8. The summed E-state index contributed by atoms with van der Waals surface area (Å²) in [5.74, 6) is 0.0565. The first-order valence-corrected chi connectivity index (χ1v) is 9.65. The summed E-state index contributed by atoms with van der Waals surface area (Å²) >= 11 is 0. The van der Waals surface area contributed by atoms with Gasteiger partial charge in [-0.1, -0.05) is 12.1 Å². The van der Waals surface area contributed by atoms with E-state index in [0.29, 0.717) is 36.4 Å². The van der Waals surface area contributed by atoms with E-state index in [-0.39, 0.29) is 17.9 Å². The van der Waals surface area contributed by atoms with E-state index in [1.165, 1.54) is 11.0 Å². The highest BCUT2D eigenvalue weighted by Gasteiger charge is 2.35. The highest BCUT2D eigenvalue weighted by molar-refractivity contribution is 6.21. The smallest absolute Gasteiger partial charge is 0.319 e. The van der Waals surface area contributed by atoms with Crippen LogP contribution in [0.4, 0.5) is 10.5 Å². The molecule has 1 heterocycles. The third kappa shape index (κ3) is 4.60. The Balaban J connectivity index is 1.63. The molecule has 8 heteroatoms. The Morgan fingerprint density at radius 2 is 1.73 bits per heavy atom. The summed E-state index contributed by atoms with van der Waals surface area (Å²) in [7, 11) is 3.17. The molecule has 0 spiro atoms. The molecular formula is C22H25N3O5. The second-order valence-electron chi connectivity index (χ2n) is 6.96. The lowest BCUT2D eigenvalue weighted by Gasteiger charge is -2.15. The summed E-state index contributed by atoms with van der Waals surface area (Å²) in [4.78, 5) is 38.6. The number of anilines is 1. The van der Waals surface area contributed by atoms with Crippen LogP contribution in [0.15, 0.2) is 42.5 Å². The van der Waals surface area contributed by atoms with E-state index in [1.54, 1.807) is 26.4 Å². The van der Waals surface area contributed by atoms with Crippen LogP contribution >= 0.6 is 0 Å². The number of imide groups is 1. The van der Waals surface area contributed by atoms with E-state index in [0.717, 1.165) is 11.3 Å². The van der Waals surface area contributed by atoms with Crippen LogP contribution in [0.25, 0.3) is 0 Å². The normalized spacial score (nSPS) is 13.8. The number of urea groups is 1. The van der Waals surface area contributed by atoms with Gasteiger partial charge in [0.1, 0.15) is 5.75 Å². The Labute approximate surface area is 175 Å². The molecule has 30 heavy (non-hydrogen) atoms. The van der Waals surface area contributed by atoms with Gasteiger partial charge in [0.2, 0.25) is 0 Å². The van der Waals surface area contributed by atoms with Gasteiger partial charge in [-0.25, -0.2) is 4.79 Å². The largest absolute Gasteiger partial charge is 0.497 e. The van der Waals surface area contributed by atoms with Crippen molar-refractivity contribution < 1.29 is 23.9 Å². The molecule has 158 valence electrons. The molecule has 0 aromatic heterocycles. The fraction of sp³-hybridized carbons (Fsp3) is 0.318. The predicted octanol–water partition coefficient (Wildman–Crippen LogP) is 3.21. The van der Waals surface area contributed by atoms with Gasteiger partial charge in [-0.15, -0.1) is 0 Å². The summed E-state index contributed by atoms with van der Waals surface area (Å²) in [6.07, 6.45) is 0.568. The molecule has 1 aliphatic rings. The van der Waals surface area contributed by atoms with Gasteiger partial charge in [0, 0.05) is 25.9 Å². The standard InChI is InChI=1S/C22H25N3O5/c1-14(15-5-8-17(30-3)9-6-15)23-22(28)24-16-7-10-18-19(13-16)21(27)25(20(18)26)11-4-12-29-2/h5-10,13-14H,4,11-12H2,1-3H3,(H2,23,24,28). The molecule has 4 amide bonds. The van der Waals surface area contributed by atoms with E-state index >= 15 is 0 Å². The van der Waals surface area contributed by atoms with Crippen molar-refractivity contribution in [1.82, 2.24) is 10.2 Å². The summed E-state index contributed by atoms with van der Waals surface area (Å²) in [5, 5.41) is 5.57. The lowest BCUT2D eigenvalue weighted by molar-refractivity contribution is 0.0638. The van der Waals surface area contributed by atoms with Crippen molar-refractivity contribution in [3.63, 3.8) is 0 Å². The van der Waals surface area contributed by atoms with Crippen LogP contribution in [0, 0.1) is 0 Å². The highest BCUT2D eigenvalue weighted by atomic mass is 16.5. The minimum absolute atomic E-state index is 0.232. The SMILES string of the molecule is COCCCN1C(=O)c2ccc(NC(=O)NC(C)c3ccc(OC)cc3)cc2C1=O. The van der Waals surface area contributed by atoms with Crippen molar-refractivity contribution in [3.05, 3.63) is 59.2 Å². The molecule has 2 N–H and O–H groups in total. The number of amides is 4. The molecule has 8 nitrogen and oxygen atoms in total. The molecule has 2 aromatic carbocycles. The summed E-state index contributed by atoms with van der Waals surface area (Å²) in [6.45, 7) is 2.62. The van der Waals surface area contributed by atoms with Crippen LogP contribution in [0.5, 0.6) is 5.75 Å². The monoisotopic (exact) mass is 411 g/mol. The molecule has 0 bridgehead atoms. The van der Waals surface area contributed by atoms with Crippen molar-refractivity contribution in [2.24, 2.45) is 0 Å². The lowest BCUT2D eigenvalue weighted by atomic mass is 10.1. The molecule has 1 atom stereocenters. The van der Waals surface area contributed by atoms with Gasteiger partial charge in [-0.05, 0) is 49.2 Å². The minimum Gasteiger partial charge on any atom is -0.497 e. The highest BCUT2D eigenvalue weighted by Crippen LogP contribution is 2.26. The molecule has 0 aliphatic carbocycles. The zero-order valence-corrected chi connectivity index (χ0v) is 17.2. The number of fused-ring (bicyclic) bond motifs is 1. The van der Waals surface area contributed by atoms with Crippen LogP contribution in [-0.2, 0) is 4.74 Å². The van der Waals surface area contributed by atoms with Gasteiger partial charge >= 0.3 is 6.03 Å². The van der Waals surface area contributed by atoms with Crippen LogP contribution in [-0.4, -0.2) is 50.1 Å². The topological polar surface area (TPSA) is 97.0 Å². The van der Waals surface area contributed by atoms with Crippen molar-refractivity contribution in [1.29, 1.82) is 0 Å². The molecule has 0 fully saturated rings. The van der Waals surface area contributed by atoms with Gasteiger partial charge in [0.05, 0.1) is 24.3 Å². The van der Waals surface area contributed by atoms with Gasteiger partial charge < -0.3 is 20.1 Å². The fourth-order valence-corrected chi connectivity index (χ4v) is 3.28. The first-order valence-electron chi connectivity index (χ1n) is 9.65. The van der Waals surface area contributed by atoms with Crippen LogP contribution in [0.3, 0.4) is 0 Å². The quantitative estimate of drug-likeness (QED) is 0.514. The second-order valence-corrected chi connectivity index (χ2v) is 6.96. The number of nitrogens with zero attached hydrogens (tertiary/aromatic N) is 1.